The molecule has 9 nitrogen and oxygen atoms in total. The van der Waals surface area contributed by atoms with E-state index in [9.17, 15) is 14.4 Å². The molecule has 0 radical (unpaired) electrons. The van der Waals surface area contributed by atoms with Crippen LogP contribution in [0.3, 0.4) is 0 Å². The van der Waals surface area contributed by atoms with Crippen LogP contribution in [-0.2, 0) is 14.3 Å². The Morgan fingerprint density at radius 2 is 2.00 bits per heavy atom. The lowest BCUT2D eigenvalue weighted by atomic mass is 10.1. The third-order valence-corrected chi connectivity index (χ3v) is 4.91. The number of nitrogens with one attached hydrogen (secondary N) is 1. The smallest absolute Gasteiger partial charge is 0.346 e. The van der Waals surface area contributed by atoms with E-state index in [1.165, 1.54) is 18.3 Å². The Morgan fingerprint density at radius 1 is 1.30 bits per heavy atom. The molecule has 0 bridgehead atoms. The molecule has 1 aliphatic carbocycles. The molecular formula is C17H19N3O6S. The summed E-state index contributed by atoms with van der Waals surface area (Å²) in [6.07, 6.45) is 2.02. The van der Waals surface area contributed by atoms with E-state index in [2.05, 4.69) is 10.5 Å². The molecule has 0 unspecified atom stereocenters. The minimum atomic E-state index is -0.808. The molecule has 0 atom stereocenters. The average Bonchev–Trinajstić information content (AvgIpc) is 3.30. The monoisotopic (exact) mass is 393 g/mol. The molecule has 2 aromatic rings. The molecule has 3 N–H and O–H groups in total. The third-order valence-electron chi connectivity index (χ3n) is 4.00. The summed E-state index contributed by atoms with van der Waals surface area (Å²) in [5.41, 5.74) is 7.04. The predicted molar refractivity (Wildman–Crippen MR) is 96.8 cm³/mol. The number of nitrogens with two attached hydrogens (primary N) is 1. The molecule has 1 fully saturated rings. The minimum absolute atomic E-state index is 0.0119. The van der Waals surface area contributed by atoms with E-state index in [4.69, 9.17) is 19.7 Å². The predicted octanol–water partition coefficient (Wildman–Crippen LogP) is 2.48. The second-order valence-corrected chi connectivity index (χ2v) is 6.90. The zero-order valence-electron chi connectivity index (χ0n) is 14.9. The molecule has 1 amide bonds. The lowest BCUT2D eigenvalue weighted by molar-refractivity contribution is -0.119. The highest BCUT2D eigenvalue weighted by atomic mass is 32.1. The van der Waals surface area contributed by atoms with Gasteiger partial charge in [-0.25, -0.2) is 9.59 Å². The molecule has 10 heteroatoms. The Morgan fingerprint density at radius 3 is 2.59 bits per heavy atom. The van der Waals surface area contributed by atoms with Crippen molar-refractivity contribution in [3.63, 3.8) is 0 Å². The second-order valence-electron chi connectivity index (χ2n) is 6.02. The van der Waals surface area contributed by atoms with Gasteiger partial charge in [0.25, 0.3) is 5.91 Å². The van der Waals surface area contributed by atoms with Crippen molar-refractivity contribution in [1.29, 1.82) is 0 Å². The van der Waals surface area contributed by atoms with Crippen LogP contribution in [0.4, 0.5) is 10.9 Å². The zero-order chi connectivity index (χ0) is 19.6. The third kappa shape index (κ3) is 4.11. The molecule has 144 valence electrons. The quantitative estimate of drug-likeness (QED) is 0.685. The maximum Gasteiger partial charge on any atom is 0.346 e. The molecule has 3 rings (SSSR count). The first-order valence-electron chi connectivity index (χ1n) is 8.39. The number of thiophene rings is 1. The Hall–Kier alpha value is -2.88. The van der Waals surface area contributed by atoms with Crippen molar-refractivity contribution < 1.29 is 28.4 Å². The Bertz CT molecular complexity index is 864. The largest absolute Gasteiger partial charge is 0.462 e. The first kappa shape index (κ1) is 18.9. The number of hydrogen-bond acceptors (Lipinski definition) is 9. The summed E-state index contributed by atoms with van der Waals surface area (Å²) in [5, 5.41) is 8.41. The van der Waals surface area contributed by atoms with Crippen molar-refractivity contribution in [2.45, 2.75) is 32.6 Å². The second kappa shape index (κ2) is 7.78. The molecule has 1 aliphatic rings. The number of nitrogen functional groups attached to an aromatic ring is 1. The number of esters is 2. The van der Waals surface area contributed by atoms with Gasteiger partial charge < -0.3 is 25.0 Å². The SMILES string of the molecule is CCOC(=O)c1c(C2CC2)csc1NC(=O)COC(=O)c1c(C)noc1N. The maximum absolute atomic E-state index is 12.3. The van der Waals surface area contributed by atoms with Crippen molar-refractivity contribution in [1.82, 2.24) is 5.16 Å². The highest BCUT2D eigenvalue weighted by Crippen LogP contribution is 2.46. The van der Waals surface area contributed by atoms with Crippen LogP contribution in [0, 0.1) is 6.92 Å². The Kier molecular flexibility index (Phi) is 5.45. The number of amides is 1. The van der Waals surface area contributed by atoms with Crippen LogP contribution in [0.1, 0.15) is 57.7 Å². The van der Waals surface area contributed by atoms with E-state index < -0.39 is 24.5 Å². The first-order chi connectivity index (χ1) is 12.9. The molecule has 1 saturated carbocycles. The number of nitrogens with zero attached hydrogens (tertiary/aromatic N) is 1. The highest BCUT2D eigenvalue weighted by Gasteiger charge is 2.32. The number of rotatable bonds is 7. The fourth-order valence-corrected chi connectivity index (χ4v) is 3.62. The minimum Gasteiger partial charge on any atom is -0.462 e. The number of aromatic nitrogens is 1. The fraction of sp³-hybridized carbons (Fsp3) is 0.412. The Balaban J connectivity index is 1.66. The fourth-order valence-electron chi connectivity index (χ4n) is 2.57. The average molecular weight is 393 g/mol. The van der Waals surface area contributed by atoms with Crippen LogP contribution in [0.15, 0.2) is 9.90 Å². The van der Waals surface area contributed by atoms with Crippen LogP contribution in [0.5, 0.6) is 0 Å². The van der Waals surface area contributed by atoms with E-state index >= 15 is 0 Å². The molecule has 0 aromatic carbocycles. The summed E-state index contributed by atoms with van der Waals surface area (Å²) in [5.74, 6) is -1.71. The molecular weight excluding hydrogens is 374 g/mol. The van der Waals surface area contributed by atoms with Crippen LogP contribution < -0.4 is 11.1 Å². The molecule has 0 saturated heterocycles. The summed E-state index contributed by atoms with van der Waals surface area (Å²) in [4.78, 5) is 36.5. The van der Waals surface area contributed by atoms with E-state index in [0.717, 1.165) is 18.4 Å². The number of hydrogen-bond donors (Lipinski definition) is 2. The van der Waals surface area contributed by atoms with Gasteiger partial charge in [0.2, 0.25) is 5.88 Å². The van der Waals surface area contributed by atoms with Crippen LogP contribution in [0.25, 0.3) is 0 Å². The van der Waals surface area contributed by atoms with Gasteiger partial charge in [-0.2, -0.15) is 0 Å². The highest BCUT2D eigenvalue weighted by molar-refractivity contribution is 7.15. The number of aryl methyl sites for hydroxylation is 1. The molecule has 27 heavy (non-hydrogen) atoms. The van der Waals surface area contributed by atoms with Crippen molar-refractivity contribution in [3.05, 3.63) is 27.8 Å². The number of carbonyl (C=O) groups excluding carboxylic acids is 3. The van der Waals surface area contributed by atoms with Crippen molar-refractivity contribution in [3.8, 4) is 0 Å². The summed E-state index contributed by atoms with van der Waals surface area (Å²) in [6.45, 7) is 2.95. The van der Waals surface area contributed by atoms with Crippen molar-refractivity contribution >= 4 is 40.1 Å². The first-order valence-corrected chi connectivity index (χ1v) is 9.27. The summed E-state index contributed by atoms with van der Waals surface area (Å²) >= 11 is 1.25. The van der Waals surface area contributed by atoms with Gasteiger partial charge in [0.1, 0.15) is 10.6 Å². The van der Waals surface area contributed by atoms with Gasteiger partial charge in [-0.15, -0.1) is 11.3 Å². The molecule has 2 aromatic heterocycles. The van der Waals surface area contributed by atoms with Gasteiger partial charge in [-0.05, 0) is 43.6 Å². The van der Waals surface area contributed by atoms with Gasteiger partial charge >= 0.3 is 11.9 Å². The van der Waals surface area contributed by atoms with Crippen LogP contribution in [0.2, 0.25) is 0 Å². The van der Waals surface area contributed by atoms with Gasteiger partial charge in [-0.3, -0.25) is 4.79 Å². The van der Waals surface area contributed by atoms with Crippen LogP contribution in [-0.4, -0.2) is 36.2 Å². The lowest BCUT2D eigenvalue weighted by Gasteiger charge is -2.08. The summed E-state index contributed by atoms with van der Waals surface area (Å²) in [7, 11) is 0. The van der Waals surface area contributed by atoms with Gasteiger partial charge in [0.05, 0.1) is 17.9 Å². The molecule has 2 heterocycles. The molecule has 0 aliphatic heterocycles. The topological polar surface area (TPSA) is 134 Å². The Labute approximate surface area is 158 Å². The van der Waals surface area contributed by atoms with Crippen molar-refractivity contribution in [2.24, 2.45) is 0 Å². The van der Waals surface area contributed by atoms with Gasteiger partial charge in [-0.1, -0.05) is 5.16 Å². The number of ether oxygens (including phenoxy) is 2. The zero-order valence-corrected chi connectivity index (χ0v) is 15.7. The van der Waals surface area contributed by atoms with Gasteiger partial charge in [0.15, 0.2) is 6.61 Å². The standard InChI is InChI=1S/C17H19N3O6S/c1-3-24-17(23)13-10(9-4-5-9)7-27-15(13)19-11(21)6-25-16(22)12-8(2)20-26-14(12)18/h7,9H,3-6,18H2,1-2H3,(H,19,21). The van der Waals surface area contributed by atoms with E-state index in [1.807, 2.05) is 5.38 Å². The normalized spacial score (nSPS) is 13.3. The lowest BCUT2D eigenvalue weighted by Crippen LogP contribution is -2.22. The van der Waals surface area contributed by atoms with Crippen LogP contribution >= 0.6 is 11.3 Å². The summed E-state index contributed by atoms with van der Waals surface area (Å²) in [6, 6.07) is 0. The summed E-state index contributed by atoms with van der Waals surface area (Å²) < 4.78 is 14.7. The van der Waals surface area contributed by atoms with E-state index in [-0.39, 0.29) is 23.7 Å². The van der Waals surface area contributed by atoms with E-state index in [1.54, 1.807) is 6.92 Å². The number of carbonyl (C=O) groups is 3. The number of anilines is 2. The van der Waals surface area contributed by atoms with E-state index in [0.29, 0.717) is 16.5 Å². The van der Waals surface area contributed by atoms with Gasteiger partial charge in [0, 0.05) is 0 Å². The van der Waals surface area contributed by atoms with Crippen molar-refractivity contribution in [2.75, 3.05) is 24.3 Å². The molecule has 0 spiro atoms. The maximum atomic E-state index is 12.3.